The Kier molecular flexibility index (Phi) is 3.18. The molecule has 0 amide bonds. The van der Waals surface area contributed by atoms with E-state index in [-0.39, 0.29) is 12.6 Å². The Morgan fingerprint density at radius 3 is 2.85 bits per heavy atom. The molecule has 13 heavy (non-hydrogen) atoms. The van der Waals surface area contributed by atoms with Crippen LogP contribution in [0.15, 0.2) is 6.33 Å². The van der Waals surface area contributed by atoms with Crippen LogP contribution in [-0.2, 0) is 4.79 Å². The highest BCUT2D eigenvalue weighted by Crippen LogP contribution is 2.16. The fourth-order valence-electron chi connectivity index (χ4n) is 0.911. The van der Waals surface area contributed by atoms with Crippen molar-refractivity contribution in [1.29, 1.82) is 0 Å². The monoisotopic (exact) mass is 201 g/mol. The molecule has 0 aliphatic carbocycles. The van der Waals surface area contributed by atoms with Gasteiger partial charge >= 0.3 is 5.97 Å². The maximum atomic E-state index is 10.5. The van der Waals surface area contributed by atoms with E-state index in [1.807, 2.05) is 13.8 Å². The number of aliphatic carboxylic acids is 1. The summed E-state index contributed by atoms with van der Waals surface area (Å²) in [4.78, 5) is 16.2. The number of nitrogens with zero attached hydrogens (tertiary/aromatic N) is 3. The average Bonchev–Trinajstić information content (AvgIpc) is 2.50. The minimum absolute atomic E-state index is 0.0349. The molecule has 1 aromatic heterocycles. The molecule has 0 saturated carbocycles. The van der Waals surface area contributed by atoms with Gasteiger partial charge in [-0.05, 0) is 13.8 Å². The third-order valence-corrected chi connectivity index (χ3v) is 2.23. The van der Waals surface area contributed by atoms with Gasteiger partial charge in [-0.3, -0.25) is 4.79 Å². The molecule has 1 aromatic rings. The highest BCUT2D eigenvalue weighted by atomic mass is 32.1. The second-order valence-corrected chi connectivity index (χ2v) is 3.60. The predicted octanol–water partition coefficient (Wildman–Crippen LogP) is 0.837. The van der Waals surface area contributed by atoms with Crippen LogP contribution in [0.4, 0.5) is 5.13 Å². The van der Waals surface area contributed by atoms with Crippen molar-refractivity contribution >= 4 is 22.6 Å². The Hall–Kier alpha value is -1.17. The Morgan fingerprint density at radius 1 is 1.77 bits per heavy atom. The molecule has 6 heteroatoms. The maximum Gasteiger partial charge on any atom is 0.323 e. The summed E-state index contributed by atoms with van der Waals surface area (Å²) in [5.41, 5.74) is 0. The summed E-state index contributed by atoms with van der Waals surface area (Å²) in [6.45, 7) is 3.81. The zero-order valence-corrected chi connectivity index (χ0v) is 8.28. The average molecular weight is 201 g/mol. The lowest BCUT2D eigenvalue weighted by atomic mass is 10.3. The maximum absolute atomic E-state index is 10.5. The number of hydrogen-bond donors (Lipinski definition) is 1. The molecule has 5 nitrogen and oxygen atoms in total. The lowest BCUT2D eigenvalue weighted by molar-refractivity contribution is -0.135. The Labute approximate surface area is 80.2 Å². The van der Waals surface area contributed by atoms with Gasteiger partial charge in [-0.1, -0.05) is 0 Å². The first-order valence-electron chi connectivity index (χ1n) is 3.86. The number of carbonyl (C=O) groups is 1. The molecule has 0 spiro atoms. The number of aromatic nitrogens is 2. The number of rotatable bonds is 4. The summed E-state index contributed by atoms with van der Waals surface area (Å²) in [6.07, 6.45) is 1.43. The van der Waals surface area contributed by atoms with Gasteiger partial charge in [-0.15, -0.1) is 0 Å². The Balaban J connectivity index is 2.74. The van der Waals surface area contributed by atoms with E-state index < -0.39 is 5.97 Å². The van der Waals surface area contributed by atoms with Gasteiger partial charge in [-0.25, -0.2) is 4.98 Å². The first-order valence-corrected chi connectivity index (χ1v) is 4.63. The first-order chi connectivity index (χ1) is 6.11. The minimum Gasteiger partial charge on any atom is -0.480 e. The van der Waals surface area contributed by atoms with E-state index >= 15 is 0 Å². The van der Waals surface area contributed by atoms with Gasteiger partial charge in [-0.2, -0.15) is 4.37 Å². The van der Waals surface area contributed by atoms with Crippen molar-refractivity contribution in [2.24, 2.45) is 0 Å². The largest absolute Gasteiger partial charge is 0.480 e. The van der Waals surface area contributed by atoms with E-state index in [4.69, 9.17) is 5.11 Å². The van der Waals surface area contributed by atoms with Crippen LogP contribution in [0.5, 0.6) is 0 Å². The van der Waals surface area contributed by atoms with Crippen molar-refractivity contribution in [3.8, 4) is 0 Å². The van der Waals surface area contributed by atoms with Crippen molar-refractivity contribution in [2.45, 2.75) is 19.9 Å². The van der Waals surface area contributed by atoms with Gasteiger partial charge in [0.25, 0.3) is 0 Å². The van der Waals surface area contributed by atoms with Crippen molar-refractivity contribution in [2.75, 3.05) is 11.4 Å². The molecule has 0 aliphatic rings. The number of carboxylic acid groups (broad SMARTS) is 1. The van der Waals surface area contributed by atoms with Crippen LogP contribution in [-0.4, -0.2) is 33.0 Å². The number of anilines is 1. The third kappa shape index (κ3) is 2.66. The van der Waals surface area contributed by atoms with E-state index in [9.17, 15) is 4.79 Å². The molecular formula is C7H11N3O2S. The Morgan fingerprint density at radius 2 is 2.46 bits per heavy atom. The van der Waals surface area contributed by atoms with Crippen molar-refractivity contribution in [3.63, 3.8) is 0 Å². The van der Waals surface area contributed by atoms with Crippen LogP contribution in [0.3, 0.4) is 0 Å². The van der Waals surface area contributed by atoms with Crippen LogP contribution in [0.2, 0.25) is 0 Å². The summed E-state index contributed by atoms with van der Waals surface area (Å²) < 4.78 is 3.83. The standard InChI is InChI=1S/C7H11N3O2S/c1-5(2)10(3-6(11)12)7-8-4-9-13-7/h4-5H,3H2,1-2H3,(H,11,12). The summed E-state index contributed by atoms with van der Waals surface area (Å²) in [5.74, 6) is -0.857. The molecule has 0 atom stereocenters. The molecular weight excluding hydrogens is 190 g/mol. The second-order valence-electron chi connectivity index (χ2n) is 2.84. The van der Waals surface area contributed by atoms with Crippen LogP contribution in [0, 0.1) is 0 Å². The molecule has 0 bridgehead atoms. The van der Waals surface area contributed by atoms with Crippen molar-refractivity contribution in [1.82, 2.24) is 9.36 Å². The van der Waals surface area contributed by atoms with Crippen LogP contribution < -0.4 is 4.90 Å². The second kappa shape index (κ2) is 4.18. The topological polar surface area (TPSA) is 66.3 Å². The molecule has 0 aliphatic heterocycles. The SMILES string of the molecule is CC(C)N(CC(=O)O)c1ncns1. The molecule has 0 radical (unpaired) electrons. The van der Waals surface area contributed by atoms with Gasteiger partial charge in [0.1, 0.15) is 12.9 Å². The van der Waals surface area contributed by atoms with Crippen LogP contribution in [0.1, 0.15) is 13.8 Å². The normalized spacial score (nSPS) is 10.4. The Bertz CT molecular complexity index is 273. The van der Waals surface area contributed by atoms with Gasteiger partial charge < -0.3 is 10.0 Å². The molecule has 1 rings (SSSR count). The van der Waals surface area contributed by atoms with Crippen molar-refractivity contribution < 1.29 is 9.90 Å². The minimum atomic E-state index is -0.857. The highest BCUT2D eigenvalue weighted by Gasteiger charge is 2.16. The quantitative estimate of drug-likeness (QED) is 0.781. The van der Waals surface area contributed by atoms with Gasteiger partial charge in [0.2, 0.25) is 5.13 Å². The van der Waals surface area contributed by atoms with E-state index in [0.717, 1.165) is 0 Å². The highest BCUT2D eigenvalue weighted by molar-refractivity contribution is 7.09. The zero-order chi connectivity index (χ0) is 9.84. The molecule has 1 heterocycles. The van der Waals surface area contributed by atoms with E-state index in [1.165, 1.54) is 17.9 Å². The summed E-state index contributed by atoms with van der Waals surface area (Å²) in [5, 5.41) is 9.30. The molecule has 1 N–H and O–H groups in total. The summed E-state index contributed by atoms with van der Waals surface area (Å²) in [7, 11) is 0. The van der Waals surface area contributed by atoms with E-state index in [2.05, 4.69) is 9.36 Å². The molecule has 72 valence electrons. The first kappa shape index (κ1) is 9.91. The van der Waals surface area contributed by atoms with Gasteiger partial charge in [0.15, 0.2) is 0 Å². The van der Waals surface area contributed by atoms with Gasteiger partial charge in [0.05, 0.1) is 0 Å². The van der Waals surface area contributed by atoms with E-state index in [0.29, 0.717) is 5.13 Å². The zero-order valence-electron chi connectivity index (χ0n) is 7.47. The predicted molar refractivity (Wildman–Crippen MR) is 50.0 cm³/mol. The lowest BCUT2D eigenvalue weighted by Crippen LogP contribution is -2.35. The molecule has 0 saturated heterocycles. The van der Waals surface area contributed by atoms with Crippen molar-refractivity contribution in [3.05, 3.63) is 6.33 Å². The van der Waals surface area contributed by atoms with Crippen LogP contribution in [0.25, 0.3) is 0 Å². The summed E-state index contributed by atoms with van der Waals surface area (Å²) in [6, 6.07) is 0.115. The lowest BCUT2D eigenvalue weighted by Gasteiger charge is -2.23. The smallest absolute Gasteiger partial charge is 0.323 e. The molecule has 0 aromatic carbocycles. The molecule has 0 fully saturated rings. The summed E-state index contributed by atoms with van der Waals surface area (Å²) >= 11 is 1.20. The fraction of sp³-hybridized carbons (Fsp3) is 0.571. The van der Waals surface area contributed by atoms with E-state index in [1.54, 1.807) is 4.90 Å². The number of carboxylic acids is 1. The third-order valence-electron chi connectivity index (χ3n) is 1.52. The number of hydrogen-bond acceptors (Lipinski definition) is 5. The van der Waals surface area contributed by atoms with Crippen LogP contribution >= 0.6 is 11.5 Å². The van der Waals surface area contributed by atoms with Gasteiger partial charge in [0, 0.05) is 17.6 Å². The molecule has 0 unspecified atom stereocenters. The fourth-order valence-corrected chi connectivity index (χ4v) is 1.57.